The molecule has 0 bridgehead atoms. The predicted molar refractivity (Wildman–Crippen MR) is 93.9 cm³/mol. The molecule has 7 nitrogen and oxygen atoms in total. The number of H-pyrrole nitrogens is 1. The van der Waals surface area contributed by atoms with E-state index in [0.717, 1.165) is 6.07 Å². The first-order valence-electron chi connectivity index (χ1n) is 8.84. The summed E-state index contributed by atoms with van der Waals surface area (Å²) in [4.78, 5) is 17.9. The Labute approximate surface area is 156 Å². The van der Waals surface area contributed by atoms with Gasteiger partial charge < -0.3 is 9.64 Å². The summed E-state index contributed by atoms with van der Waals surface area (Å²) in [5.74, 6) is 0.554. The van der Waals surface area contributed by atoms with E-state index in [4.69, 9.17) is 4.74 Å². The fourth-order valence-electron chi connectivity index (χ4n) is 4.14. The molecule has 5 rings (SSSR count). The van der Waals surface area contributed by atoms with Crippen LogP contribution in [0.25, 0.3) is 10.9 Å². The van der Waals surface area contributed by atoms with E-state index in [9.17, 15) is 18.0 Å². The van der Waals surface area contributed by atoms with Gasteiger partial charge in [0.15, 0.2) is 5.82 Å². The van der Waals surface area contributed by atoms with Gasteiger partial charge in [-0.05, 0) is 18.6 Å². The zero-order chi connectivity index (χ0) is 19.5. The molecule has 10 heteroatoms. The molecule has 3 aromatic rings. The number of alkyl halides is 3. The van der Waals surface area contributed by atoms with Crippen molar-refractivity contribution in [2.45, 2.75) is 31.3 Å². The molecule has 1 aromatic carbocycles. The fraction of sp³-hybridized carbons (Fsp3) is 0.389. The van der Waals surface area contributed by atoms with E-state index in [0.29, 0.717) is 43.0 Å². The minimum Gasteiger partial charge on any atom is -0.368 e. The number of hydrogen-bond donors (Lipinski definition) is 1. The summed E-state index contributed by atoms with van der Waals surface area (Å²) in [6, 6.07) is 5.82. The van der Waals surface area contributed by atoms with Crippen LogP contribution >= 0.6 is 0 Å². The van der Waals surface area contributed by atoms with Crippen LogP contribution in [0.2, 0.25) is 0 Å². The number of nitrogens with one attached hydrogen (secondary N) is 1. The zero-order valence-electron chi connectivity index (χ0n) is 14.7. The van der Waals surface area contributed by atoms with E-state index in [-0.39, 0.29) is 17.8 Å². The van der Waals surface area contributed by atoms with Crippen molar-refractivity contribution in [2.24, 2.45) is 0 Å². The Kier molecular flexibility index (Phi) is 3.57. The molecule has 2 aliphatic rings. The molecule has 0 saturated carbocycles. The molecule has 4 heterocycles. The van der Waals surface area contributed by atoms with Gasteiger partial charge in [-0.3, -0.25) is 9.55 Å². The Bertz CT molecular complexity index is 1120. The highest BCUT2D eigenvalue weighted by Gasteiger charge is 2.44. The molecule has 146 valence electrons. The number of pyridine rings is 1. The molecule has 1 unspecified atom stereocenters. The highest BCUT2D eigenvalue weighted by Crippen LogP contribution is 2.39. The number of fused-ring (bicyclic) bond motifs is 2. The first kappa shape index (κ1) is 17.2. The molecule has 1 spiro atoms. The SMILES string of the molecule is O=c1[nH]nc2n1CC1(CCN(c3ccnc4c(C(F)(F)F)cccc34)C1)OC2. The van der Waals surface area contributed by atoms with Gasteiger partial charge in [0.25, 0.3) is 0 Å². The highest BCUT2D eigenvalue weighted by molar-refractivity contribution is 5.94. The smallest absolute Gasteiger partial charge is 0.368 e. The van der Waals surface area contributed by atoms with Crippen LogP contribution in [-0.2, 0) is 24.1 Å². The van der Waals surface area contributed by atoms with Gasteiger partial charge in [-0.15, -0.1) is 0 Å². The van der Waals surface area contributed by atoms with Crippen molar-refractivity contribution in [3.05, 3.63) is 52.3 Å². The third kappa shape index (κ3) is 2.59. The first-order valence-corrected chi connectivity index (χ1v) is 8.84. The lowest BCUT2D eigenvalue weighted by Gasteiger charge is -2.34. The van der Waals surface area contributed by atoms with E-state index in [1.807, 2.05) is 4.90 Å². The second-order valence-corrected chi connectivity index (χ2v) is 7.20. The lowest BCUT2D eigenvalue weighted by molar-refractivity contribution is -0.136. The van der Waals surface area contributed by atoms with Crippen molar-refractivity contribution in [3.63, 3.8) is 0 Å². The van der Waals surface area contributed by atoms with E-state index < -0.39 is 17.3 Å². The molecule has 1 saturated heterocycles. The van der Waals surface area contributed by atoms with Gasteiger partial charge in [0.05, 0.1) is 17.6 Å². The van der Waals surface area contributed by atoms with Crippen LogP contribution in [0.5, 0.6) is 0 Å². The third-order valence-electron chi connectivity index (χ3n) is 5.50. The Morgan fingerprint density at radius 3 is 2.89 bits per heavy atom. The van der Waals surface area contributed by atoms with Crippen molar-refractivity contribution in [1.82, 2.24) is 19.7 Å². The topological polar surface area (TPSA) is 76.0 Å². The lowest BCUT2D eigenvalue weighted by atomic mass is 10.0. The summed E-state index contributed by atoms with van der Waals surface area (Å²) in [5.41, 5.74) is -0.976. The zero-order valence-corrected chi connectivity index (χ0v) is 14.7. The van der Waals surface area contributed by atoms with Crippen LogP contribution in [0.15, 0.2) is 35.3 Å². The van der Waals surface area contributed by atoms with Gasteiger partial charge in [0, 0.05) is 30.4 Å². The number of para-hydroxylation sites is 1. The number of halogens is 3. The number of nitrogens with zero attached hydrogens (tertiary/aromatic N) is 4. The Balaban J connectivity index is 1.51. The Morgan fingerprint density at radius 2 is 2.07 bits per heavy atom. The minimum atomic E-state index is -4.47. The molecule has 28 heavy (non-hydrogen) atoms. The molecule has 1 fully saturated rings. The van der Waals surface area contributed by atoms with Crippen LogP contribution in [0, 0.1) is 0 Å². The van der Waals surface area contributed by atoms with Crippen LogP contribution in [0.1, 0.15) is 17.8 Å². The van der Waals surface area contributed by atoms with Crippen molar-refractivity contribution >= 4 is 16.6 Å². The van der Waals surface area contributed by atoms with Gasteiger partial charge in [-0.2, -0.15) is 18.3 Å². The quantitative estimate of drug-likeness (QED) is 0.689. The lowest BCUT2D eigenvalue weighted by Crippen LogP contribution is -2.46. The van der Waals surface area contributed by atoms with Crippen LogP contribution in [-0.4, -0.2) is 38.4 Å². The Morgan fingerprint density at radius 1 is 1.21 bits per heavy atom. The second-order valence-electron chi connectivity index (χ2n) is 7.20. The Hall–Kier alpha value is -2.88. The van der Waals surface area contributed by atoms with Crippen LogP contribution in [0.3, 0.4) is 0 Å². The van der Waals surface area contributed by atoms with E-state index >= 15 is 0 Å². The molecule has 2 aromatic heterocycles. The van der Waals surface area contributed by atoms with Crippen LogP contribution in [0.4, 0.5) is 18.9 Å². The van der Waals surface area contributed by atoms with E-state index in [2.05, 4.69) is 15.2 Å². The van der Waals surface area contributed by atoms with Gasteiger partial charge in [-0.25, -0.2) is 9.89 Å². The van der Waals surface area contributed by atoms with Crippen LogP contribution < -0.4 is 10.6 Å². The van der Waals surface area contributed by atoms with Gasteiger partial charge in [0.1, 0.15) is 12.2 Å². The van der Waals surface area contributed by atoms with Gasteiger partial charge in [-0.1, -0.05) is 12.1 Å². The highest BCUT2D eigenvalue weighted by atomic mass is 19.4. The fourth-order valence-corrected chi connectivity index (χ4v) is 4.14. The van der Waals surface area contributed by atoms with Crippen molar-refractivity contribution < 1.29 is 17.9 Å². The summed E-state index contributed by atoms with van der Waals surface area (Å²) < 4.78 is 47.6. The maximum Gasteiger partial charge on any atom is 0.418 e. The minimum absolute atomic E-state index is 0.0636. The normalized spacial score (nSPS) is 22.2. The maximum atomic E-state index is 13.3. The molecule has 0 aliphatic carbocycles. The van der Waals surface area contributed by atoms with Gasteiger partial charge in [0.2, 0.25) is 0 Å². The maximum absolute atomic E-state index is 13.3. The second kappa shape index (κ2) is 5.81. The molecule has 0 amide bonds. The number of aromatic amines is 1. The third-order valence-corrected chi connectivity index (χ3v) is 5.50. The average Bonchev–Trinajstić information content (AvgIpc) is 3.24. The monoisotopic (exact) mass is 391 g/mol. The number of ether oxygens (including phenoxy) is 1. The largest absolute Gasteiger partial charge is 0.418 e. The van der Waals surface area contributed by atoms with Crippen molar-refractivity contribution in [2.75, 3.05) is 18.0 Å². The molecule has 1 atom stereocenters. The predicted octanol–water partition coefficient (Wildman–Crippen LogP) is 2.32. The number of anilines is 1. The molecule has 1 N–H and O–H groups in total. The summed E-state index contributed by atoms with van der Waals surface area (Å²) in [7, 11) is 0. The van der Waals surface area contributed by atoms with E-state index in [1.165, 1.54) is 12.3 Å². The summed E-state index contributed by atoms with van der Waals surface area (Å²) in [6.07, 6.45) is -2.41. The number of rotatable bonds is 1. The first-order chi connectivity index (χ1) is 13.4. The average molecular weight is 391 g/mol. The molecule has 2 aliphatic heterocycles. The van der Waals surface area contributed by atoms with E-state index in [1.54, 1.807) is 16.7 Å². The molecular weight excluding hydrogens is 375 g/mol. The number of hydrogen-bond acceptors (Lipinski definition) is 5. The number of benzene rings is 1. The number of aromatic nitrogens is 4. The van der Waals surface area contributed by atoms with Crippen molar-refractivity contribution in [3.8, 4) is 0 Å². The summed E-state index contributed by atoms with van der Waals surface area (Å²) >= 11 is 0. The summed E-state index contributed by atoms with van der Waals surface area (Å²) in [6.45, 7) is 1.67. The molecule has 0 radical (unpaired) electrons. The standard InChI is InChI=1S/C18H16F3N5O2/c19-18(20,21)12-3-1-2-11-13(4-6-22-15(11)12)25-7-5-17(9-25)10-26-14(8-28-17)23-24-16(26)27/h1-4,6H,5,7-10H2,(H,24,27). The van der Waals surface area contributed by atoms with Gasteiger partial charge >= 0.3 is 11.9 Å². The molecular formula is C18H16F3N5O2. The van der Waals surface area contributed by atoms with Crippen molar-refractivity contribution in [1.29, 1.82) is 0 Å². The summed E-state index contributed by atoms with van der Waals surface area (Å²) in [5, 5.41) is 6.81.